The Bertz CT molecular complexity index is 1100. The summed E-state index contributed by atoms with van der Waals surface area (Å²) in [6, 6.07) is 13.1. The molecule has 0 spiro atoms. The zero-order chi connectivity index (χ0) is 19.3. The third kappa shape index (κ3) is 3.86. The first-order valence-corrected chi connectivity index (χ1v) is 9.19. The van der Waals surface area contributed by atoms with Crippen LogP contribution in [0.2, 0.25) is 0 Å². The summed E-state index contributed by atoms with van der Waals surface area (Å²) in [7, 11) is 1.64. The average molecular weight is 379 g/mol. The summed E-state index contributed by atoms with van der Waals surface area (Å²) in [5.74, 6) is 0.467. The van der Waals surface area contributed by atoms with Gasteiger partial charge in [-0.25, -0.2) is 9.67 Å². The Morgan fingerprint density at radius 2 is 2.11 bits per heavy atom. The van der Waals surface area contributed by atoms with Crippen LogP contribution >= 0.6 is 0 Å². The predicted molar refractivity (Wildman–Crippen MR) is 104 cm³/mol. The average Bonchev–Trinajstić information content (AvgIpc) is 3.32. The van der Waals surface area contributed by atoms with E-state index in [9.17, 15) is 4.79 Å². The number of methoxy groups -OCH3 is 1. The highest BCUT2D eigenvalue weighted by Crippen LogP contribution is 2.18. The summed E-state index contributed by atoms with van der Waals surface area (Å²) in [5, 5.41) is 11.2. The Kier molecular flexibility index (Phi) is 5.29. The maximum absolute atomic E-state index is 12.4. The number of aromatic nitrogens is 4. The molecule has 0 atom stereocenters. The van der Waals surface area contributed by atoms with Crippen LogP contribution in [0.3, 0.4) is 0 Å². The number of ether oxygens (including phenoxy) is 1. The molecule has 2 aromatic heterocycles. The number of amides is 1. The van der Waals surface area contributed by atoms with Crippen molar-refractivity contribution >= 4 is 28.0 Å². The first-order valence-electron chi connectivity index (χ1n) is 9.19. The van der Waals surface area contributed by atoms with Crippen LogP contribution in [0.25, 0.3) is 22.1 Å². The Balaban J connectivity index is 1.33. The molecule has 0 unspecified atom stereocenters. The monoisotopic (exact) mass is 379 g/mol. The standard InChI is InChI=1S/C20H21N5O3/c1-27-12-9-19-22-16-8-7-14(13-18(16)28-19)20(26)21-10-4-11-25-17-6-3-2-5-15(17)23-24-25/h2-3,5-8,13H,4,9-12H2,1H3,(H,21,26). The van der Waals surface area contributed by atoms with Crippen LogP contribution in [-0.4, -0.2) is 46.1 Å². The van der Waals surface area contributed by atoms with Crippen molar-refractivity contribution in [2.24, 2.45) is 0 Å². The van der Waals surface area contributed by atoms with E-state index in [0.29, 0.717) is 43.2 Å². The normalized spacial score (nSPS) is 11.3. The summed E-state index contributed by atoms with van der Waals surface area (Å²) in [6.07, 6.45) is 1.36. The van der Waals surface area contributed by atoms with Gasteiger partial charge in [-0.15, -0.1) is 5.10 Å². The molecule has 2 aromatic carbocycles. The third-order valence-corrected chi connectivity index (χ3v) is 4.47. The Hall–Kier alpha value is -3.26. The van der Waals surface area contributed by atoms with Gasteiger partial charge in [0, 0.05) is 32.2 Å². The lowest BCUT2D eigenvalue weighted by Gasteiger charge is -2.06. The molecular weight excluding hydrogens is 358 g/mol. The zero-order valence-electron chi connectivity index (χ0n) is 15.6. The van der Waals surface area contributed by atoms with E-state index in [4.69, 9.17) is 9.15 Å². The molecule has 4 rings (SSSR count). The number of hydrogen-bond acceptors (Lipinski definition) is 6. The van der Waals surface area contributed by atoms with Crippen LogP contribution in [0.4, 0.5) is 0 Å². The van der Waals surface area contributed by atoms with E-state index < -0.39 is 0 Å². The number of rotatable bonds is 8. The smallest absolute Gasteiger partial charge is 0.251 e. The van der Waals surface area contributed by atoms with Crippen LogP contribution in [0, 0.1) is 0 Å². The minimum Gasteiger partial charge on any atom is -0.441 e. The molecule has 8 heteroatoms. The second kappa shape index (κ2) is 8.18. The summed E-state index contributed by atoms with van der Waals surface area (Å²) >= 11 is 0. The third-order valence-electron chi connectivity index (χ3n) is 4.47. The predicted octanol–water partition coefficient (Wildman–Crippen LogP) is 2.58. The lowest BCUT2D eigenvalue weighted by molar-refractivity contribution is 0.0952. The van der Waals surface area contributed by atoms with Crippen molar-refractivity contribution < 1.29 is 13.9 Å². The Morgan fingerprint density at radius 1 is 1.21 bits per heavy atom. The molecule has 0 saturated heterocycles. The molecule has 8 nitrogen and oxygen atoms in total. The summed E-state index contributed by atoms with van der Waals surface area (Å²) in [4.78, 5) is 16.8. The molecule has 0 bridgehead atoms. The van der Waals surface area contributed by atoms with Crippen LogP contribution in [0.15, 0.2) is 46.9 Å². The molecule has 1 N–H and O–H groups in total. The Labute approximate surface area is 161 Å². The molecular formula is C20H21N5O3. The molecule has 0 saturated carbocycles. The minimum atomic E-state index is -0.139. The molecule has 0 aliphatic carbocycles. The summed E-state index contributed by atoms with van der Waals surface area (Å²) < 4.78 is 12.6. The Morgan fingerprint density at radius 3 is 3.00 bits per heavy atom. The van der Waals surface area contributed by atoms with E-state index >= 15 is 0 Å². The second-order valence-electron chi connectivity index (χ2n) is 6.44. The number of hydrogen-bond donors (Lipinski definition) is 1. The zero-order valence-corrected chi connectivity index (χ0v) is 15.6. The number of nitrogens with zero attached hydrogens (tertiary/aromatic N) is 4. The van der Waals surface area contributed by atoms with Gasteiger partial charge < -0.3 is 14.5 Å². The van der Waals surface area contributed by atoms with Crippen LogP contribution in [-0.2, 0) is 17.7 Å². The minimum absolute atomic E-state index is 0.139. The number of para-hydroxylation sites is 1. The van der Waals surface area contributed by atoms with Gasteiger partial charge in [-0.3, -0.25) is 4.79 Å². The molecule has 144 valence electrons. The van der Waals surface area contributed by atoms with Gasteiger partial charge in [-0.2, -0.15) is 0 Å². The van der Waals surface area contributed by atoms with Gasteiger partial charge >= 0.3 is 0 Å². The number of benzene rings is 2. The van der Waals surface area contributed by atoms with Crippen molar-refractivity contribution in [2.45, 2.75) is 19.4 Å². The van der Waals surface area contributed by atoms with Gasteiger partial charge in [0.25, 0.3) is 5.91 Å². The maximum atomic E-state index is 12.4. The van der Waals surface area contributed by atoms with E-state index in [-0.39, 0.29) is 5.91 Å². The van der Waals surface area contributed by atoms with Gasteiger partial charge in [0.1, 0.15) is 11.0 Å². The summed E-state index contributed by atoms with van der Waals surface area (Å²) in [5.41, 5.74) is 3.76. The van der Waals surface area contributed by atoms with Crippen molar-refractivity contribution in [3.8, 4) is 0 Å². The highest BCUT2D eigenvalue weighted by Gasteiger charge is 2.11. The van der Waals surface area contributed by atoms with E-state index in [1.54, 1.807) is 25.3 Å². The fourth-order valence-electron chi connectivity index (χ4n) is 3.03. The highest BCUT2D eigenvalue weighted by atomic mass is 16.5. The van der Waals surface area contributed by atoms with Crippen molar-refractivity contribution in [2.75, 3.05) is 20.3 Å². The van der Waals surface area contributed by atoms with Crippen molar-refractivity contribution in [3.63, 3.8) is 0 Å². The molecule has 0 aliphatic heterocycles. The lowest BCUT2D eigenvalue weighted by Crippen LogP contribution is -2.25. The van der Waals surface area contributed by atoms with Gasteiger partial charge in [-0.1, -0.05) is 17.3 Å². The molecule has 0 fully saturated rings. The van der Waals surface area contributed by atoms with Crippen molar-refractivity contribution in [3.05, 3.63) is 53.9 Å². The SMILES string of the molecule is COCCc1nc2ccc(C(=O)NCCCn3nnc4ccccc43)cc2o1. The largest absolute Gasteiger partial charge is 0.441 e. The van der Waals surface area contributed by atoms with Crippen LogP contribution in [0.1, 0.15) is 22.7 Å². The van der Waals surface area contributed by atoms with E-state index in [1.807, 2.05) is 28.9 Å². The number of nitrogens with one attached hydrogen (secondary N) is 1. The molecule has 28 heavy (non-hydrogen) atoms. The maximum Gasteiger partial charge on any atom is 0.251 e. The topological polar surface area (TPSA) is 95.1 Å². The fourth-order valence-corrected chi connectivity index (χ4v) is 3.03. The van der Waals surface area contributed by atoms with Crippen molar-refractivity contribution in [1.82, 2.24) is 25.3 Å². The number of oxazole rings is 1. The number of aryl methyl sites for hydroxylation is 1. The van der Waals surface area contributed by atoms with Gasteiger partial charge in [0.15, 0.2) is 11.5 Å². The van der Waals surface area contributed by atoms with E-state index in [0.717, 1.165) is 23.0 Å². The summed E-state index contributed by atoms with van der Waals surface area (Å²) in [6.45, 7) is 1.77. The van der Waals surface area contributed by atoms with Crippen LogP contribution in [0.5, 0.6) is 0 Å². The molecule has 0 radical (unpaired) electrons. The first-order chi connectivity index (χ1) is 13.7. The highest BCUT2D eigenvalue weighted by molar-refractivity contribution is 5.97. The molecule has 1 amide bonds. The number of carbonyl (C=O) groups excluding carboxylic acids is 1. The number of fused-ring (bicyclic) bond motifs is 2. The molecule has 0 aliphatic rings. The van der Waals surface area contributed by atoms with Crippen molar-refractivity contribution in [1.29, 1.82) is 0 Å². The van der Waals surface area contributed by atoms with E-state index in [1.165, 1.54) is 0 Å². The lowest BCUT2D eigenvalue weighted by atomic mass is 10.2. The van der Waals surface area contributed by atoms with Gasteiger partial charge in [-0.05, 0) is 36.8 Å². The quantitative estimate of drug-likeness (QED) is 0.473. The van der Waals surface area contributed by atoms with Gasteiger partial charge in [0.2, 0.25) is 0 Å². The first kappa shape index (κ1) is 18.1. The van der Waals surface area contributed by atoms with Gasteiger partial charge in [0.05, 0.1) is 12.1 Å². The molecule has 2 heterocycles. The van der Waals surface area contributed by atoms with Crippen LogP contribution < -0.4 is 5.32 Å². The number of carbonyl (C=O) groups is 1. The molecule has 4 aromatic rings. The van der Waals surface area contributed by atoms with E-state index in [2.05, 4.69) is 20.6 Å². The second-order valence-corrected chi connectivity index (χ2v) is 6.44. The fraction of sp³-hybridized carbons (Fsp3) is 0.300.